The van der Waals surface area contributed by atoms with Crippen LogP contribution in [0.15, 0.2) is 18.3 Å². The number of pyridine rings is 1. The number of methoxy groups -OCH3 is 1. The van der Waals surface area contributed by atoms with Gasteiger partial charge in [-0.05, 0) is 31.7 Å². The van der Waals surface area contributed by atoms with Crippen LogP contribution < -0.4 is 4.74 Å². The fraction of sp³-hybridized carbons (Fsp3) is 0.636. The van der Waals surface area contributed by atoms with Crippen molar-refractivity contribution >= 4 is 5.91 Å². The predicted molar refractivity (Wildman–Crippen MR) is 111 cm³/mol. The van der Waals surface area contributed by atoms with Gasteiger partial charge < -0.3 is 14.2 Å². The second-order valence-corrected chi connectivity index (χ2v) is 8.71. The predicted octanol–water partition coefficient (Wildman–Crippen LogP) is 2.46. The van der Waals surface area contributed by atoms with Crippen LogP contribution in [0, 0.1) is 0 Å². The molecular formula is C22H30N6O2. The Bertz CT molecular complexity index is 890. The molecule has 1 amide bonds. The topological polar surface area (TPSA) is 76.4 Å². The van der Waals surface area contributed by atoms with Crippen molar-refractivity contribution in [3.05, 3.63) is 35.5 Å². The molecule has 2 aliphatic heterocycles. The van der Waals surface area contributed by atoms with E-state index in [-0.39, 0.29) is 11.8 Å². The number of ether oxygens (including phenoxy) is 1. The molecule has 5 rings (SSSR count). The zero-order valence-corrected chi connectivity index (χ0v) is 17.7. The van der Waals surface area contributed by atoms with Gasteiger partial charge in [-0.1, -0.05) is 12.8 Å². The normalized spacial score (nSPS) is 22.8. The molecule has 8 nitrogen and oxygen atoms in total. The van der Waals surface area contributed by atoms with Crippen molar-refractivity contribution in [2.24, 2.45) is 0 Å². The highest BCUT2D eigenvalue weighted by Crippen LogP contribution is 2.31. The van der Waals surface area contributed by atoms with Crippen LogP contribution in [-0.2, 0) is 13.1 Å². The quantitative estimate of drug-likeness (QED) is 0.771. The number of carbonyl (C=O) groups is 1. The summed E-state index contributed by atoms with van der Waals surface area (Å²) in [5.41, 5.74) is 0.604. The van der Waals surface area contributed by atoms with Gasteiger partial charge in [0.2, 0.25) is 5.88 Å². The van der Waals surface area contributed by atoms with Crippen LogP contribution >= 0.6 is 0 Å². The summed E-state index contributed by atoms with van der Waals surface area (Å²) >= 11 is 0. The third-order valence-corrected chi connectivity index (χ3v) is 6.92. The van der Waals surface area contributed by atoms with Crippen LogP contribution in [0.4, 0.5) is 0 Å². The minimum atomic E-state index is 0.0284. The van der Waals surface area contributed by atoms with Crippen LogP contribution in [0.1, 0.15) is 66.4 Å². The number of fused-ring (bicyclic) bond motifs is 1. The van der Waals surface area contributed by atoms with Crippen molar-refractivity contribution in [2.45, 2.75) is 63.6 Å². The zero-order valence-electron chi connectivity index (χ0n) is 17.7. The fourth-order valence-electron chi connectivity index (χ4n) is 5.26. The minimum Gasteiger partial charge on any atom is -0.481 e. The summed E-state index contributed by atoms with van der Waals surface area (Å²) in [7, 11) is 1.57. The van der Waals surface area contributed by atoms with Crippen molar-refractivity contribution < 1.29 is 9.53 Å². The second kappa shape index (κ2) is 8.34. The standard InChI is InChI=1S/C22H30N6O2/c1-30-20-9-8-16(13-23-20)22(29)27-10-4-5-17(14-27)21-25-24-19-15-26(11-12-28(19)21)18-6-2-3-7-18/h8-9,13,17-18H,2-7,10-12,14-15H2,1H3. The summed E-state index contributed by atoms with van der Waals surface area (Å²) < 4.78 is 7.41. The Morgan fingerprint density at radius 2 is 1.93 bits per heavy atom. The van der Waals surface area contributed by atoms with Crippen LogP contribution in [0.2, 0.25) is 0 Å². The SMILES string of the molecule is COc1ccc(C(=O)N2CCCC(c3nnc4n3CCN(C3CCCC3)C4)C2)cn1. The third-order valence-electron chi connectivity index (χ3n) is 6.92. The lowest BCUT2D eigenvalue weighted by molar-refractivity contribution is 0.0701. The van der Waals surface area contributed by atoms with E-state index in [4.69, 9.17) is 4.74 Å². The average Bonchev–Trinajstić information content (AvgIpc) is 3.48. The van der Waals surface area contributed by atoms with Crippen molar-refractivity contribution in [1.82, 2.24) is 29.5 Å². The summed E-state index contributed by atoms with van der Waals surface area (Å²) in [6, 6.07) is 4.24. The Labute approximate surface area is 177 Å². The summed E-state index contributed by atoms with van der Waals surface area (Å²) in [5.74, 6) is 2.94. The fourth-order valence-corrected chi connectivity index (χ4v) is 5.26. The maximum atomic E-state index is 13.0. The molecule has 2 aromatic rings. The van der Waals surface area contributed by atoms with E-state index in [1.807, 2.05) is 4.90 Å². The van der Waals surface area contributed by atoms with Gasteiger partial charge in [0.25, 0.3) is 5.91 Å². The van der Waals surface area contributed by atoms with E-state index in [0.29, 0.717) is 18.0 Å². The van der Waals surface area contributed by atoms with Crippen molar-refractivity contribution in [1.29, 1.82) is 0 Å². The smallest absolute Gasteiger partial charge is 0.255 e. The van der Waals surface area contributed by atoms with Gasteiger partial charge in [-0.2, -0.15) is 0 Å². The largest absolute Gasteiger partial charge is 0.481 e. The number of carbonyl (C=O) groups excluding carboxylic acids is 1. The molecule has 0 N–H and O–H groups in total. The number of piperidine rings is 1. The summed E-state index contributed by atoms with van der Waals surface area (Å²) in [5, 5.41) is 9.14. The van der Waals surface area contributed by atoms with E-state index in [9.17, 15) is 4.79 Å². The number of hydrogen-bond donors (Lipinski definition) is 0. The number of amides is 1. The lowest BCUT2D eigenvalue weighted by Gasteiger charge is -2.35. The lowest BCUT2D eigenvalue weighted by atomic mass is 9.96. The van der Waals surface area contributed by atoms with Crippen LogP contribution in [0.3, 0.4) is 0 Å². The summed E-state index contributed by atoms with van der Waals surface area (Å²) in [6.45, 7) is 4.41. The van der Waals surface area contributed by atoms with E-state index >= 15 is 0 Å². The Balaban J connectivity index is 1.28. The molecule has 1 aliphatic carbocycles. The minimum absolute atomic E-state index is 0.0284. The van der Waals surface area contributed by atoms with Gasteiger partial charge in [-0.3, -0.25) is 9.69 Å². The molecule has 1 saturated carbocycles. The van der Waals surface area contributed by atoms with E-state index < -0.39 is 0 Å². The number of rotatable bonds is 4. The first-order valence-electron chi connectivity index (χ1n) is 11.2. The van der Waals surface area contributed by atoms with Gasteiger partial charge in [0.15, 0.2) is 0 Å². The molecule has 1 atom stereocenters. The first-order valence-corrected chi connectivity index (χ1v) is 11.2. The molecule has 1 unspecified atom stereocenters. The highest BCUT2D eigenvalue weighted by atomic mass is 16.5. The van der Waals surface area contributed by atoms with Gasteiger partial charge in [0.05, 0.1) is 19.2 Å². The molecule has 1 saturated heterocycles. The van der Waals surface area contributed by atoms with Crippen molar-refractivity contribution in [3.63, 3.8) is 0 Å². The molecule has 8 heteroatoms. The zero-order chi connectivity index (χ0) is 20.5. The van der Waals surface area contributed by atoms with Crippen LogP contribution in [0.25, 0.3) is 0 Å². The first-order chi connectivity index (χ1) is 14.7. The Hall–Kier alpha value is -2.48. The lowest BCUT2D eigenvalue weighted by Crippen LogP contribution is -2.42. The molecular weight excluding hydrogens is 380 g/mol. The Kier molecular flexibility index (Phi) is 5.41. The molecule has 0 radical (unpaired) electrons. The monoisotopic (exact) mass is 410 g/mol. The Morgan fingerprint density at radius 1 is 1.07 bits per heavy atom. The van der Waals surface area contributed by atoms with E-state index in [1.165, 1.54) is 25.7 Å². The van der Waals surface area contributed by atoms with Crippen molar-refractivity contribution in [3.8, 4) is 5.88 Å². The van der Waals surface area contributed by atoms with Gasteiger partial charge in [0, 0.05) is 50.4 Å². The highest BCUT2D eigenvalue weighted by Gasteiger charge is 2.33. The van der Waals surface area contributed by atoms with E-state index in [1.54, 1.807) is 25.4 Å². The van der Waals surface area contributed by atoms with Crippen LogP contribution in [-0.4, -0.2) is 68.2 Å². The van der Waals surface area contributed by atoms with Gasteiger partial charge in [-0.15, -0.1) is 10.2 Å². The molecule has 0 aromatic carbocycles. The molecule has 0 bridgehead atoms. The van der Waals surface area contributed by atoms with Gasteiger partial charge in [-0.25, -0.2) is 4.98 Å². The number of likely N-dealkylation sites (tertiary alicyclic amines) is 1. The maximum absolute atomic E-state index is 13.0. The number of hydrogen-bond acceptors (Lipinski definition) is 6. The third kappa shape index (κ3) is 3.69. The number of aromatic nitrogens is 4. The molecule has 2 aromatic heterocycles. The average molecular weight is 411 g/mol. The second-order valence-electron chi connectivity index (χ2n) is 8.71. The molecule has 4 heterocycles. The van der Waals surface area contributed by atoms with E-state index in [2.05, 4.69) is 24.6 Å². The summed E-state index contributed by atoms with van der Waals surface area (Å²) in [6.07, 6.45) is 8.98. The molecule has 2 fully saturated rings. The summed E-state index contributed by atoms with van der Waals surface area (Å²) in [4.78, 5) is 21.7. The molecule has 160 valence electrons. The van der Waals surface area contributed by atoms with Gasteiger partial charge in [0.1, 0.15) is 11.6 Å². The van der Waals surface area contributed by atoms with Crippen LogP contribution in [0.5, 0.6) is 5.88 Å². The van der Waals surface area contributed by atoms with Crippen molar-refractivity contribution in [2.75, 3.05) is 26.7 Å². The molecule has 0 spiro atoms. The maximum Gasteiger partial charge on any atom is 0.255 e. The molecule has 3 aliphatic rings. The Morgan fingerprint density at radius 3 is 2.70 bits per heavy atom. The van der Waals surface area contributed by atoms with E-state index in [0.717, 1.165) is 56.7 Å². The van der Waals surface area contributed by atoms with Gasteiger partial charge >= 0.3 is 0 Å². The number of nitrogens with zero attached hydrogens (tertiary/aromatic N) is 6. The highest BCUT2D eigenvalue weighted by molar-refractivity contribution is 5.94. The first kappa shape index (κ1) is 19.5. The molecule has 30 heavy (non-hydrogen) atoms.